The molecule has 0 aliphatic carbocycles. The SMILES string of the molecule is CC.Fc1c(F)c(F)c(SNSc2c(F)c(F)c(F)c(F)c2F)c(F)c1F. The molecule has 0 atom stereocenters. The second-order valence-corrected chi connectivity index (χ2v) is 5.98. The lowest BCUT2D eigenvalue weighted by Crippen LogP contribution is -2.07. The zero-order valence-corrected chi connectivity index (χ0v) is 14.7. The van der Waals surface area contributed by atoms with E-state index in [1.807, 2.05) is 13.8 Å². The first-order chi connectivity index (χ1) is 12.6. The number of benzene rings is 2. The van der Waals surface area contributed by atoms with Crippen LogP contribution in [0, 0.1) is 58.2 Å². The van der Waals surface area contributed by atoms with Gasteiger partial charge in [0.15, 0.2) is 46.5 Å². The van der Waals surface area contributed by atoms with Crippen LogP contribution in [0.5, 0.6) is 0 Å². The molecule has 0 amide bonds. The summed E-state index contributed by atoms with van der Waals surface area (Å²) in [7, 11) is 0. The van der Waals surface area contributed by atoms with E-state index in [-0.39, 0.29) is 23.9 Å². The van der Waals surface area contributed by atoms with Crippen LogP contribution in [0.15, 0.2) is 9.79 Å². The normalized spacial score (nSPS) is 10.7. The summed E-state index contributed by atoms with van der Waals surface area (Å²) in [6.45, 7) is 4.00. The molecule has 0 saturated heterocycles. The fourth-order valence-electron chi connectivity index (χ4n) is 1.45. The average Bonchev–Trinajstić information content (AvgIpc) is 2.68. The zero-order valence-electron chi connectivity index (χ0n) is 13.1. The van der Waals surface area contributed by atoms with Crippen molar-refractivity contribution in [3.8, 4) is 0 Å². The smallest absolute Gasteiger partial charge is 0.200 e. The third-order valence-corrected chi connectivity index (χ3v) is 4.42. The van der Waals surface area contributed by atoms with E-state index < -0.39 is 68.0 Å². The molecule has 0 spiro atoms. The summed E-state index contributed by atoms with van der Waals surface area (Å²) >= 11 is -0.634. The predicted octanol–water partition coefficient (Wildman–Crippen LogP) is 6.41. The molecule has 150 valence electrons. The minimum absolute atomic E-state index is 0.317. The Balaban J connectivity index is 0.00000176. The highest BCUT2D eigenvalue weighted by Crippen LogP contribution is 2.34. The third kappa shape index (κ3) is 4.46. The van der Waals surface area contributed by atoms with Gasteiger partial charge >= 0.3 is 0 Å². The van der Waals surface area contributed by atoms with E-state index in [2.05, 4.69) is 0 Å². The van der Waals surface area contributed by atoms with Gasteiger partial charge in [-0.25, -0.2) is 43.9 Å². The summed E-state index contributed by atoms with van der Waals surface area (Å²) < 4.78 is 133. The van der Waals surface area contributed by atoms with Crippen molar-refractivity contribution in [3.05, 3.63) is 58.2 Å². The predicted molar refractivity (Wildman–Crippen MR) is 78.7 cm³/mol. The van der Waals surface area contributed by atoms with Gasteiger partial charge in [0.25, 0.3) is 0 Å². The van der Waals surface area contributed by atoms with Gasteiger partial charge in [-0.05, 0) is 23.9 Å². The van der Waals surface area contributed by atoms with Crippen molar-refractivity contribution in [3.63, 3.8) is 0 Å². The Kier molecular flexibility index (Phi) is 8.29. The minimum Gasteiger partial charge on any atom is -0.202 e. The van der Waals surface area contributed by atoms with E-state index in [9.17, 15) is 43.9 Å². The first kappa shape index (κ1) is 23.4. The van der Waals surface area contributed by atoms with E-state index in [4.69, 9.17) is 0 Å². The van der Waals surface area contributed by atoms with Crippen molar-refractivity contribution in [1.29, 1.82) is 0 Å². The molecule has 0 bridgehead atoms. The van der Waals surface area contributed by atoms with E-state index in [0.717, 1.165) is 0 Å². The highest BCUT2D eigenvalue weighted by Gasteiger charge is 2.28. The Morgan fingerprint density at radius 3 is 0.815 bits per heavy atom. The maximum absolute atomic E-state index is 13.4. The van der Waals surface area contributed by atoms with E-state index in [0.29, 0.717) is 0 Å². The Hall–Kier alpha value is -1.60. The number of hydrogen-bond acceptors (Lipinski definition) is 3. The van der Waals surface area contributed by atoms with Crippen LogP contribution in [0.4, 0.5) is 43.9 Å². The third-order valence-electron chi connectivity index (χ3n) is 2.63. The number of nitrogens with one attached hydrogen (secondary N) is 1. The largest absolute Gasteiger partial charge is 0.202 e. The monoisotopic (exact) mass is 443 g/mol. The standard InChI is InChI=1S/C12HF10NS2.C2H6/c13-1-3(15)7(19)11(8(20)4(1)16)24-23-25-12-9(21)5(17)2(14)6(18)10(12)22;1-2/h23H;1-2H3. The highest BCUT2D eigenvalue weighted by molar-refractivity contribution is 8.12. The van der Waals surface area contributed by atoms with Crippen LogP contribution in [-0.4, -0.2) is 0 Å². The highest BCUT2D eigenvalue weighted by atomic mass is 32.2. The van der Waals surface area contributed by atoms with Crippen LogP contribution in [0.1, 0.15) is 13.8 Å². The average molecular weight is 443 g/mol. The summed E-state index contributed by atoms with van der Waals surface area (Å²) in [5.41, 5.74) is 0. The van der Waals surface area contributed by atoms with Crippen LogP contribution in [0.2, 0.25) is 0 Å². The lowest BCUT2D eigenvalue weighted by Gasteiger charge is -2.10. The summed E-state index contributed by atoms with van der Waals surface area (Å²) in [5, 5.41) is 0. The minimum atomic E-state index is -2.42. The molecule has 2 rings (SSSR count). The maximum Gasteiger partial charge on any atom is 0.200 e. The molecule has 2 aromatic rings. The molecule has 0 radical (unpaired) electrons. The fourth-order valence-corrected chi connectivity index (χ4v) is 3.00. The molecule has 2 aromatic carbocycles. The van der Waals surface area contributed by atoms with Gasteiger partial charge in [-0.1, -0.05) is 13.8 Å². The summed E-state index contributed by atoms with van der Waals surface area (Å²) in [5.74, 6) is -22.9. The van der Waals surface area contributed by atoms with Crippen LogP contribution in [0.25, 0.3) is 0 Å². The van der Waals surface area contributed by atoms with Gasteiger partial charge in [-0.2, -0.15) is 4.13 Å². The molecular formula is C14H7F10NS2. The van der Waals surface area contributed by atoms with Crippen molar-refractivity contribution in [2.75, 3.05) is 0 Å². The number of halogens is 10. The molecule has 1 N–H and O–H groups in total. The van der Waals surface area contributed by atoms with Crippen LogP contribution < -0.4 is 4.13 Å². The Morgan fingerprint density at radius 2 is 0.593 bits per heavy atom. The van der Waals surface area contributed by atoms with E-state index >= 15 is 0 Å². The van der Waals surface area contributed by atoms with Crippen molar-refractivity contribution in [2.24, 2.45) is 0 Å². The van der Waals surface area contributed by atoms with Gasteiger partial charge in [0.05, 0.1) is 0 Å². The molecule has 0 fully saturated rings. The second-order valence-electron chi connectivity index (χ2n) is 4.09. The van der Waals surface area contributed by atoms with Gasteiger partial charge in [0.1, 0.15) is 9.79 Å². The lowest BCUT2D eigenvalue weighted by molar-refractivity contribution is 0.360. The molecule has 13 heteroatoms. The van der Waals surface area contributed by atoms with Crippen molar-refractivity contribution in [2.45, 2.75) is 23.6 Å². The molecule has 0 aliphatic rings. The first-order valence-corrected chi connectivity index (χ1v) is 8.34. The Labute approximate surface area is 154 Å². The molecule has 0 aromatic heterocycles. The molecule has 27 heavy (non-hydrogen) atoms. The Bertz CT molecular complexity index is 731. The summed E-state index contributed by atoms with van der Waals surface area (Å²) in [4.78, 5) is -2.93. The summed E-state index contributed by atoms with van der Waals surface area (Å²) in [6, 6.07) is 0. The number of hydrogen-bond donors (Lipinski definition) is 1. The molecular weight excluding hydrogens is 436 g/mol. The quantitative estimate of drug-likeness (QED) is 0.254. The lowest BCUT2D eigenvalue weighted by atomic mass is 10.3. The van der Waals surface area contributed by atoms with Gasteiger partial charge in [-0.15, -0.1) is 0 Å². The van der Waals surface area contributed by atoms with Gasteiger partial charge in [0.2, 0.25) is 11.6 Å². The van der Waals surface area contributed by atoms with Crippen LogP contribution >= 0.6 is 23.9 Å². The molecule has 1 nitrogen and oxygen atoms in total. The topological polar surface area (TPSA) is 12.0 Å². The molecule has 0 aliphatic heterocycles. The second kappa shape index (κ2) is 9.55. The number of rotatable bonds is 4. The van der Waals surface area contributed by atoms with E-state index in [1.54, 1.807) is 4.13 Å². The van der Waals surface area contributed by atoms with Crippen molar-refractivity contribution >= 4 is 23.9 Å². The van der Waals surface area contributed by atoms with Gasteiger partial charge < -0.3 is 0 Å². The molecule has 0 heterocycles. The zero-order chi connectivity index (χ0) is 21.0. The summed E-state index contributed by atoms with van der Waals surface area (Å²) in [6.07, 6.45) is 0. The van der Waals surface area contributed by atoms with Crippen LogP contribution in [0.3, 0.4) is 0 Å². The van der Waals surface area contributed by atoms with Gasteiger partial charge in [-0.3, -0.25) is 0 Å². The first-order valence-electron chi connectivity index (χ1n) is 6.71. The Morgan fingerprint density at radius 1 is 0.407 bits per heavy atom. The fraction of sp³-hybridized carbons (Fsp3) is 0.143. The molecule has 0 saturated carbocycles. The van der Waals surface area contributed by atoms with Crippen molar-refractivity contribution in [1.82, 2.24) is 4.13 Å². The van der Waals surface area contributed by atoms with Crippen molar-refractivity contribution < 1.29 is 43.9 Å². The molecule has 0 unspecified atom stereocenters. The van der Waals surface area contributed by atoms with Crippen LogP contribution in [-0.2, 0) is 0 Å². The maximum atomic E-state index is 13.4. The van der Waals surface area contributed by atoms with Gasteiger partial charge in [0, 0.05) is 0 Å². The van der Waals surface area contributed by atoms with E-state index in [1.165, 1.54) is 0 Å².